The highest BCUT2D eigenvalue weighted by Crippen LogP contribution is 2.18. The van der Waals surface area contributed by atoms with Gasteiger partial charge in [0.25, 0.3) is 0 Å². The Balaban J connectivity index is 1.74. The molecule has 0 bridgehead atoms. The summed E-state index contributed by atoms with van der Waals surface area (Å²) in [7, 11) is 1.90. The number of ether oxygens (including phenoxy) is 1. The van der Waals surface area contributed by atoms with Crippen molar-refractivity contribution >= 4 is 11.5 Å². The molecule has 0 aliphatic carbocycles. The highest BCUT2D eigenvalue weighted by molar-refractivity contribution is 5.80. The molecule has 1 heterocycles. The number of aromatic nitrogens is 1. The summed E-state index contributed by atoms with van der Waals surface area (Å²) in [6, 6.07) is 22.3. The van der Waals surface area contributed by atoms with Gasteiger partial charge in [-0.25, -0.2) is 0 Å². The van der Waals surface area contributed by atoms with Crippen LogP contribution in [0.2, 0.25) is 0 Å². The molecular formula is C28H30N2O2. The quantitative estimate of drug-likeness (QED) is 0.425. The van der Waals surface area contributed by atoms with Gasteiger partial charge in [-0.05, 0) is 63.2 Å². The highest BCUT2D eigenvalue weighted by Gasteiger charge is 2.17. The fraction of sp³-hybridized carbons (Fsp3) is 0.250. The molecule has 0 radical (unpaired) electrons. The number of carbonyl (C=O) groups is 1. The molecule has 0 fully saturated rings. The molecule has 2 aromatic carbocycles. The summed E-state index contributed by atoms with van der Waals surface area (Å²) in [6.45, 7) is 6.43. The standard InChI is InChI=1S/C28H30N2O2/c1-28(2,3)32-27(31)21-30(4)20-18-24(23-9-6-5-7-10-23)15-12-22-13-16-25(17-14-22)26-11-8-19-29-26/h5-11,13-14,16-19,29H,20-21H2,1-4H3. The van der Waals surface area contributed by atoms with Crippen molar-refractivity contribution in [3.63, 3.8) is 0 Å². The number of allylic oxidation sites excluding steroid dienone is 1. The molecule has 32 heavy (non-hydrogen) atoms. The molecule has 4 nitrogen and oxygen atoms in total. The van der Waals surface area contributed by atoms with Crippen LogP contribution in [0.25, 0.3) is 16.8 Å². The normalized spacial score (nSPS) is 11.7. The van der Waals surface area contributed by atoms with E-state index < -0.39 is 5.60 Å². The number of H-pyrrole nitrogens is 1. The molecule has 1 N–H and O–H groups in total. The van der Waals surface area contributed by atoms with Crippen molar-refractivity contribution < 1.29 is 9.53 Å². The molecule has 0 saturated carbocycles. The minimum Gasteiger partial charge on any atom is -0.459 e. The third kappa shape index (κ3) is 7.30. The number of aromatic amines is 1. The predicted octanol–water partition coefficient (Wildman–Crippen LogP) is 5.39. The fourth-order valence-electron chi connectivity index (χ4n) is 3.15. The Morgan fingerprint density at radius 2 is 1.75 bits per heavy atom. The van der Waals surface area contributed by atoms with Crippen molar-refractivity contribution in [3.05, 3.63) is 90.1 Å². The molecule has 0 atom stereocenters. The first-order valence-corrected chi connectivity index (χ1v) is 10.7. The molecule has 4 heteroatoms. The van der Waals surface area contributed by atoms with Gasteiger partial charge in [0.15, 0.2) is 0 Å². The van der Waals surface area contributed by atoms with Gasteiger partial charge >= 0.3 is 5.97 Å². The van der Waals surface area contributed by atoms with E-state index in [1.54, 1.807) is 0 Å². The van der Waals surface area contributed by atoms with Crippen LogP contribution in [0.15, 0.2) is 79.0 Å². The summed E-state index contributed by atoms with van der Waals surface area (Å²) in [5.74, 6) is 6.35. The number of nitrogens with one attached hydrogen (secondary N) is 1. The number of esters is 1. The number of rotatable bonds is 6. The molecule has 0 amide bonds. The van der Waals surface area contributed by atoms with Crippen LogP contribution in [0, 0.1) is 11.8 Å². The van der Waals surface area contributed by atoms with Crippen molar-refractivity contribution in [2.45, 2.75) is 26.4 Å². The van der Waals surface area contributed by atoms with E-state index in [0.717, 1.165) is 28.0 Å². The summed E-state index contributed by atoms with van der Waals surface area (Å²) in [5, 5.41) is 0. The highest BCUT2D eigenvalue weighted by atomic mass is 16.6. The predicted molar refractivity (Wildman–Crippen MR) is 131 cm³/mol. The Morgan fingerprint density at radius 1 is 1.03 bits per heavy atom. The SMILES string of the molecule is CN(CC=C(C#Cc1ccc(-c2ccc[nH]2)cc1)c1ccccc1)CC(=O)OC(C)(C)C. The van der Waals surface area contributed by atoms with Crippen LogP contribution in [0.1, 0.15) is 31.9 Å². The van der Waals surface area contributed by atoms with Gasteiger partial charge in [0.2, 0.25) is 0 Å². The number of benzene rings is 2. The van der Waals surface area contributed by atoms with Crippen LogP contribution in [0.5, 0.6) is 0 Å². The van der Waals surface area contributed by atoms with Gasteiger partial charge in [-0.15, -0.1) is 0 Å². The number of nitrogens with zero attached hydrogens (tertiary/aromatic N) is 1. The third-order valence-electron chi connectivity index (χ3n) is 4.65. The largest absolute Gasteiger partial charge is 0.459 e. The van der Waals surface area contributed by atoms with Crippen LogP contribution < -0.4 is 0 Å². The van der Waals surface area contributed by atoms with Crippen LogP contribution >= 0.6 is 0 Å². The summed E-state index contributed by atoms with van der Waals surface area (Å²) in [5.41, 5.74) is 4.66. The van der Waals surface area contributed by atoms with E-state index in [9.17, 15) is 4.79 Å². The van der Waals surface area contributed by atoms with E-state index in [-0.39, 0.29) is 12.5 Å². The first-order valence-electron chi connectivity index (χ1n) is 10.7. The Bertz CT molecular complexity index is 1090. The Kier molecular flexibility index (Phi) is 7.70. The average molecular weight is 427 g/mol. The topological polar surface area (TPSA) is 45.3 Å². The van der Waals surface area contributed by atoms with E-state index in [2.05, 4.69) is 35.0 Å². The lowest BCUT2D eigenvalue weighted by atomic mass is 10.0. The van der Waals surface area contributed by atoms with Gasteiger partial charge in [0.05, 0.1) is 6.54 Å². The van der Waals surface area contributed by atoms with Gasteiger partial charge in [0, 0.05) is 29.6 Å². The number of carbonyl (C=O) groups excluding carboxylic acids is 1. The van der Waals surface area contributed by atoms with Crippen LogP contribution in [0.3, 0.4) is 0 Å². The van der Waals surface area contributed by atoms with E-state index in [4.69, 9.17) is 4.74 Å². The van der Waals surface area contributed by atoms with Crippen molar-refractivity contribution in [1.82, 2.24) is 9.88 Å². The Labute approximate surface area is 190 Å². The van der Waals surface area contributed by atoms with Gasteiger partial charge in [0.1, 0.15) is 5.60 Å². The molecule has 1 aromatic heterocycles. The van der Waals surface area contributed by atoms with Crippen molar-refractivity contribution in [1.29, 1.82) is 0 Å². The Hall–Kier alpha value is -3.55. The lowest BCUT2D eigenvalue weighted by Crippen LogP contribution is -2.32. The van der Waals surface area contributed by atoms with E-state index in [1.807, 2.05) is 93.5 Å². The van der Waals surface area contributed by atoms with Gasteiger partial charge in [-0.3, -0.25) is 9.69 Å². The number of hydrogen-bond donors (Lipinski definition) is 1. The lowest BCUT2D eigenvalue weighted by Gasteiger charge is -2.22. The second-order valence-corrected chi connectivity index (χ2v) is 8.68. The van der Waals surface area contributed by atoms with Crippen LogP contribution in [-0.2, 0) is 9.53 Å². The molecule has 164 valence electrons. The Morgan fingerprint density at radius 3 is 2.38 bits per heavy atom. The van der Waals surface area contributed by atoms with E-state index >= 15 is 0 Å². The van der Waals surface area contributed by atoms with Crippen LogP contribution in [0.4, 0.5) is 0 Å². The molecule has 3 rings (SSSR count). The second-order valence-electron chi connectivity index (χ2n) is 8.68. The van der Waals surface area contributed by atoms with E-state index in [1.165, 1.54) is 0 Å². The molecule has 0 saturated heterocycles. The molecule has 0 unspecified atom stereocenters. The molecule has 0 aliphatic rings. The first kappa shape index (κ1) is 23.1. The number of likely N-dealkylation sites (N-methyl/N-ethyl adjacent to an activating group) is 1. The zero-order valence-corrected chi connectivity index (χ0v) is 19.2. The molecule has 0 spiro atoms. The third-order valence-corrected chi connectivity index (χ3v) is 4.65. The maximum absolute atomic E-state index is 12.1. The summed E-state index contributed by atoms with van der Waals surface area (Å²) >= 11 is 0. The zero-order valence-electron chi connectivity index (χ0n) is 19.2. The lowest BCUT2D eigenvalue weighted by molar-refractivity contribution is -0.155. The van der Waals surface area contributed by atoms with Crippen molar-refractivity contribution in [3.8, 4) is 23.1 Å². The summed E-state index contributed by atoms with van der Waals surface area (Å²) in [6.07, 6.45) is 3.97. The van der Waals surface area contributed by atoms with Gasteiger partial charge in [-0.2, -0.15) is 0 Å². The monoisotopic (exact) mass is 426 g/mol. The van der Waals surface area contributed by atoms with E-state index in [0.29, 0.717) is 6.54 Å². The fourth-order valence-corrected chi connectivity index (χ4v) is 3.15. The minimum absolute atomic E-state index is 0.226. The molecule has 0 aliphatic heterocycles. The average Bonchev–Trinajstić information content (AvgIpc) is 3.28. The second kappa shape index (κ2) is 10.7. The first-order chi connectivity index (χ1) is 15.3. The van der Waals surface area contributed by atoms with Crippen molar-refractivity contribution in [2.75, 3.05) is 20.1 Å². The van der Waals surface area contributed by atoms with Crippen LogP contribution in [-0.4, -0.2) is 41.6 Å². The van der Waals surface area contributed by atoms with Gasteiger partial charge in [-0.1, -0.05) is 60.4 Å². The number of hydrogen-bond acceptors (Lipinski definition) is 3. The smallest absolute Gasteiger partial charge is 0.320 e. The molecular weight excluding hydrogens is 396 g/mol. The summed E-state index contributed by atoms with van der Waals surface area (Å²) < 4.78 is 5.41. The minimum atomic E-state index is -0.481. The van der Waals surface area contributed by atoms with Gasteiger partial charge < -0.3 is 9.72 Å². The maximum atomic E-state index is 12.1. The van der Waals surface area contributed by atoms with Crippen molar-refractivity contribution in [2.24, 2.45) is 0 Å². The zero-order chi connectivity index (χ0) is 23.0. The summed E-state index contributed by atoms with van der Waals surface area (Å²) in [4.78, 5) is 17.2. The maximum Gasteiger partial charge on any atom is 0.320 e. The molecule has 3 aromatic rings.